The van der Waals surface area contributed by atoms with E-state index in [2.05, 4.69) is 11.9 Å². The number of allylic oxidation sites excluding steroid dienone is 2. The fourth-order valence-corrected chi connectivity index (χ4v) is 3.10. The van der Waals surface area contributed by atoms with Crippen LogP contribution in [0.2, 0.25) is 0 Å². The highest BCUT2D eigenvalue weighted by Crippen LogP contribution is 2.49. The standard InChI is InChI=1S/C17H17NO3/c1-11-9-17(7-6-15(19)14(11)10-17)16(20)18-12-4-3-5-13(8-12)21-2/h3-8,14H,1,9-10H2,2H3,(H,18,20)/t14-,17+/m1/s1. The lowest BCUT2D eigenvalue weighted by Crippen LogP contribution is -2.34. The van der Waals surface area contributed by atoms with Gasteiger partial charge in [0, 0.05) is 17.7 Å². The van der Waals surface area contributed by atoms with Gasteiger partial charge < -0.3 is 10.1 Å². The van der Waals surface area contributed by atoms with Crippen LogP contribution in [0.5, 0.6) is 5.75 Å². The maximum Gasteiger partial charge on any atom is 0.234 e. The molecule has 4 heteroatoms. The van der Waals surface area contributed by atoms with Crippen molar-refractivity contribution in [1.29, 1.82) is 0 Å². The average molecular weight is 283 g/mol. The molecule has 1 N–H and O–H groups in total. The fourth-order valence-electron chi connectivity index (χ4n) is 3.10. The number of hydrogen-bond acceptors (Lipinski definition) is 3. The van der Waals surface area contributed by atoms with Crippen molar-refractivity contribution in [2.24, 2.45) is 11.3 Å². The molecule has 1 fully saturated rings. The van der Waals surface area contributed by atoms with Crippen LogP contribution in [0.15, 0.2) is 48.6 Å². The summed E-state index contributed by atoms with van der Waals surface area (Å²) in [6.07, 6.45) is 4.32. The second kappa shape index (κ2) is 4.88. The Hall–Kier alpha value is -2.36. The van der Waals surface area contributed by atoms with E-state index in [-0.39, 0.29) is 17.6 Å². The third kappa shape index (κ3) is 2.27. The fraction of sp³-hybridized carbons (Fsp3) is 0.294. The van der Waals surface area contributed by atoms with Crippen molar-refractivity contribution < 1.29 is 14.3 Å². The van der Waals surface area contributed by atoms with E-state index < -0.39 is 5.41 Å². The SMILES string of the molecule is C=C1C[C@@]2(C(=O)Nc3cccc(OC)c3)C=CC(=O)[C@@H]1C2. The molecule has 1 aromatic carbocycles. The van der Waals surface area contributed by atoms with E-state index in [4.69, 9.17) is 4.74 Å². The van der Waals surface area contributed by atoms with Crippen LogP contribution in [-0.2, 0) is 9.59 Å². The summed E-state index contributed by atoms with van der Waals surface area (Å²) in [6.45, 7) is 3.95. The Kier molecular flexibility index (Phi) is 3.16. The minimum absolute atomic E-state index is 0.0577. The van der Waals surface area contributed by atoms with E-state index in [0.29, 0.717) is 24.3 Å². The largest absolute Gasteiger partial charge is 0.497 e. The first kappa shape index (κ1) is 13.6. The van der Waals surface area contributed by atoms with Crippen molar-refractivity contribution >= 4 is 17.4 Å². The van der Waals surface area contributed by atoms with Crippen molar-refractivity contribution in [3.8, 4) is 5.75 Å². The first-order chi connectivity index (χ1) is 10.0. The van der Waals surface area contributed by atoms with Gasteiger partial charge in [-0.2, -0.15) is 0 Å². The van der Waals surface area contributed by atoms with Crippen molar-refractivity contribution in [2.45, 2.75) is 12.8 Å². The number of hydrogen-bond donors (Lipinski definition) is 1. The molecule has 2 atom stereocenters. The highest BCUT2D eigenvalue weighted by molar-refractivity contribution is 6.03. The van der Waals surface area contributed by atoms with Gasteiger partial charge in [-0.15, -0.1) is 0 Å². The molecule has 1 amide bonds. The molecule has 1 aromatic rings. The number of anilines is 1. The summed E-state index contributed by atoms with van der Waals surface area (Å²) in [7, 11) is 1.58. The Balaban J connectivity index is 1.84. The Morgan fingerprint density at radius 1 is 1.48 bits per heavy atom. The van der Waals surface area contributed by atoms with Crippen LogP contribution in [0.25, 0.3) is 0 Å². The molecule has 21 heavy (non-hydrogen) atoms. The molecular weight excluding hydrogens is 266 g/mol. The lowest BCUT2D eigenvalue weighted by molar-refractivity contribution is -0.124. The molecule has 0 saturated heterocycles. The third-order valence-corrected chi connectivity index (χ3v) is 4.29. The number of ether oxygens (including phenoxy) is 1. The summed E-state index contributed by atoms with van der Waals surface area (Å²) in [5.74, 6) is 0.449. The lowest BCUT2D eigenvalue weighted by atomic mass is 9.79. The highest BCUT2D eigenvalue weighted by atomic mass is 16.5. The van der Waals surface area contributed by atoms with E-state index in [1.54, 1.807) is 19.3 Å². The normalized spacial score (nSPS) is 26.8. The molecule has 0 aliphatic heterocycles. The molecule has 2 aliphatic rings. The summed E-state index contributed by atoms with van der Waals surface area (Å²) in [6, 6.07) is 7.23. The van der Waals surface area contributed by atoms with Gasteiger partial charge in [-0.3, -0.25) is 9.59 Å². The van der Waals surface area contributed by atoms with Crippen LogP contribution in [0.3, 0.4) is 0 Å². The third-order valence-electron chi connectivity index (χ3n) is 4.29. The van der Waals surface area contributed by atoms with Gasteiger partial charge in [0.15, 0.2) is 5.78 Å². The Morgan fingerprint density at radius 2 is 2.29 bits per heavy atom. The molecule has 108 valence electrons. The zero-order chi connectivity index (χ0) is 15.0. The molecular formula is C17H17NO3. The predicted octanol–water partition coefficient (Wildman–Crippen LogP) is 2.73. The van der Waals surface area contributed by atoms with Crippen LogP contribution in [0.4, 0.5) is 5.69 Å². The molecule has 2 aliphatic carbocycles. The summed E-state index contributed by atoms with van der Waals surface area (Å²) < 4.78 is 5.15. The quantitative estimate of drug-likeness (QED) is 0.868. The van der Waals surface area contributed by atoms with Crippen molar-refractivity contribution in [2.75, 3.05) is 12.4 Å². The topological polar surface area (TPSA) is 55.4 Å². The molecule has 0 aromatic heterocycles. The van der Waals surface area contributed by atoms with E-state index in [1.165, 1.54) is 6.08 Å². The Bertz CT molecular complexity index is 662. The average Bonchev–Trinajstić information content (AvgIpc) is 2.78. The van der Waals surface area contributed by atoms with Gasteiger partial charge in [0.1, 0.15) is 5.75 Å². The molecule has 3 rings (SSSR count). The van der Waals surface area contributed by atoms with Gasteiger partial charge in [-0.25, -0.2) is 0 Å². The molecule has 4 nitrogen and oxygen atoms in total. The summed E-state index contributed by atoms with van der Waals surface area (Å²) in [5.41, 5.74) is 0.900. The van der Waals surface area contributed by atoms with Crippen LogP contribution >= 0.6 is 0 Å². The smallest absolute Gasteiger partial charge is 0.234 e. The number of carbonyl (C=O) groups excluding carboxylic acids is 2. The minimum atomic E-state index is -0.640. The van der Waals surface area contributed by atoms with Gasteiger partial charge in [-0.1, -0.05) is 24.3 Å². The number of methoxy groups -OCH3 is 1. The number of ketones is 1. The first-order valence-electron chi connectivity index (χ1n) is 6.90. The van der Waals surface area contributed by atoms with E-state index in [0.717, 1.165) is 5.57 Å². The number of nitrogens with one attached hydrogen (secondary N) is 1. The molecule has 0 radical (unpaired) electrons. The van der Waals surface area contributed by atoms with Crippen molar-refractivity contribution in [3.05, 3.63) is 48.6 Å². The zero-order valence-corrected chi connectivity index (χ0v) is 11.9. The van der Waals surface area contributed by atoms with Crippen LogP contribution in [0, 0.1) is 11.3 Å². The maximum atomic E-state index is 12.6. The van der Waals surface area contributed by atoms with Gasteiger partial charge in [0.2, 0.25) is 5.91 Å². The minimum Gasteiger partial charge on any atom is -0.497 e. The highest BCUT2D eigenvalue weighted by Gasteiger charge is 2.49. The summed E-state index contributed by atoms with van der Waals surface area (Å²) in [5, 5.41) is 2.92. The van der Waals surface area contributed by atoms with Crippen LogP contribution < -0.4 is 10.1 Å². The van der Waals surface area contributed by atoms with E-state index in [9.17, 15) is 9.59 Å². The van der Waals surface area contributed by atoms with Gasteiger partial charge >= 0.3 is 0 Å². The molecule has 0 unspecified atom stereocenters. The van der Waals surface area contributed by atoms with Crippen molar-refractivity contribution in [1.82, 2.24) is 0 Å². The second-order valence-corrected chi connectivity index (χ2v) is 5.67. The van der Waals surface area contributed by atoms with Gasteiger partial charge in [0.05, 0.1) is 12.5 Å². The van der Waals surface area contributed by atoms with Crippen LogP contribution in [0.1, 0.15) is 12.8 Å². The van der Waals surface area contributed by atoms with E-state index >= 15 is 0 Å². The molecule has 2 bridgehead atoms. The summed E-state index contributed by atoms with van der Waals surface area (Å²) >= 11 is 0. The summed E-state index contributed by atoms with van der Waals surface area (Å²) in [4.78, 5) is 24.4. The maximum absolute atomic E-state index is 12.6. The molecule has 1 saturated carbocycles. The predicted molar refractivity (Wildman–Crippen MR) is 80.1 cm³/mol. The lowest BCUT2D eigenvalue weighted by Gasteiger charge is -2.26. The van der Waals surface area contributed by atoms with E-state index in [1.807, 2.05) is 18.2 Å². The van der Waals surface area contributed by atoms with Gasteiger partial charge in [0.25, 0.3) is 0 Å². The molecule has 0 heterocycles. The number of rotatable bonds is 3. The van der Waals surface area contributed by atoms with Crippen LogP contribution in [-0.4, -0.2) is 18.8 Å². The monoisotopic (exact) mass is 283 g/mol. The number of benzene rings is 1. The molecule has 0 spiro atoms. The number of fused-ring (bicyclic) bond motifs is 2. The van der Waals surface area contributed by atoms with Gasteiger partial charge in [-0.05, 0) is 31.1 Å². The zero-order valence-electron chi connectivity index (χ0n) is 11.9. The Labute approximate surface area is 123 Å². The number of carbonyl (C=O) groups is 2. The Morgan fingerprint density at radius 3 is 3.05 bits per heavy atom. The first-order valence-corrected chi connectivity index (χ1v) is 6.90. The second-order valence-electron chi connectivity index (χ2n) is 5.67. The van der Waals surface area contributed by atoms with Crippen molar-refractivity contribution in [3.63, 3.8) is 0 Å². The number of amides is 1.